The van der Waals surface area contributed by atoms with E-state index < -0.39 is 6.10 Å². The van der Waals surface area contributed by atoms with Crippen molar-refractivity contribution in [2.75, 3.05) is 6.61 Å². The number of hydrogen-bond acceptors (Lipinski definition) is 2. The summed E-state index contributed by atoms with van der Waals surface area (Å²) in [5.41, 5.74) is 3.66. The maximum atomic E-state index is 11.2. The Labute approximate surface area is 178 Å². The largest absolute Gasteiger partial charge is 0.392 e. The Balaban J connectivity index is 1.76. The smallest absolute Gasteiger partial charge is 0.0649 e. The summed E-state index contributed by atoms with van der Waals surface area (Å²) in [4.78, 5) is 2.17. The molecule has 3 heteroatoms. The van der Waals surface area contributed by atoms with Gasteiger partial charge in [0, 0.05) is 5.92 Å². The molecule has 2 nitrogen and oxygen atoms in total. The van der Waals surface area contributed by atoms with Crippen LogP contribution in [0.2, 0.25) is 0 Å². The first kappa shape index (κ1) is 21.8. The summed E-state index contributed by atoms with van der Waals surface area (Å²) < 4.78 is 0. The Morgan fingerprint density at radius 2 is 2.04 bits per heavy atom. The molecule has 2 saturated carbocycles. The van der Waals surface area contributed by atoms with Gasteiger partial charge in [-0.05, 0) is 77.8 Å². The van der Waals surface area contributed by atoms with E-state index in [1.807, 2.05) is 30.3 Å². The zero-order valence-electron chi connectivity index (χ0n) is 17.3. The zero-order valence-corrected chi connectivity index (χ0v) is 18.9. The van der Waals surface area contributed by atoms with Crippen LogP contribution >= 0.6 is 15.9 Å². The van der Waals surface area contributed by atoms with Crippen LogP contribution in [0.25, 0.3) is 0 Å². The number of rotatable bonds is 7. The van der Waals surface area contributed by atoms with Crippen molar-refractivity contribution in [3.63, 3.8) is 0 Å². The fourth-order valence-electron chi connectivity index (χ4n) is 6.32. The molecule has 0 amide bonds. The van der Waals surface area contributed by atoms with E-state index in [9.17, 15) is 10.2 Å². The summed E-state index contributed by atoms with van der Waals surface area (Å²) in [5, 5.41) is 20.9. The van der Waals surface area contributed by atoms with E-state index in [-0.39, 0.29) is 12.5 Å². The van der Waals surface area contributed by atoms with Gasteiger partial charge in [0.15, 0.2) is 0 Å². The number of benzene rings is 1. The van der Waals surface area contributed by atoms with Gasteiger partial charge in [-0.2, -0.15) is 0 Å². The lowest BCUT2D eigenvalue weighted by atomic mass is 9.61. The number of halogens is 1. The van der Waals surface area contributed by atoms with Crippen molar-refractivity contribution in [3.8, 4) is 0 Å². The molecule has 0 unspecified atom stereocenters. The maximum absolute atomic E-state index is 11.2. The molecule has 0 bridgehead atoms. The molecule has 0 saturated heterocycles. The number of aliphatic hydroxyl groups is 2. The van der Waals surface area contributed by atoms with Gasteiger partial charge in [-0.1, -0.05) is 72.3 Å². The highest BCUT2D eigenvalue weighted by molar-refractivity contribution is 9.11. The lowest BCUT2D eigenvalue weighted by Crippen LogP contribution is -2.37. The van der Waals surface area contributed by atoms with Gasteiger partial charge in [0.05, 0.1) is 12.7 Å². The van der Waals surface area contributed by atoms with Gasteiger partial charge in [0.2, 0.25) is 0 Å². The van der Waals surface area contributed by atoms with Gasteiger partial charge < -0.3 is 10.2 Å². The number of hydrogen-bond donors (Lipinski definition) is 2. The molecule has 0 spiro atoms. The molecule has 3 rings (SSSR count). The Hall–Kier alpha value is -0.900. The molecular weight excluding hydrogens is 412 g/mol. The van der Waals surface area contributed by atoms with Crippen LogP contribution in [-0.4, -0.2) is 22.9 Å². The van der Waals surface area contributed by atoms with E-state index in [0.29, 0.717) is 28.7 Å². The first-order chi connectivity index (χ1) is 13.4. The summed E-state index contributed by atoms with van der Waals surface area (Å²) in [5.74, 6) is 1.55. The topological polar surface area (TPSA) is 40.5 Å². The van der Waals surface area contributed by atoms with Crippen LogP contribution in [0.1, 0.15) is 63.9 Å². The van der Waals surface area contributed by atoms with Crippen LogP contribution in [0.15, 0.2) is 53.0 Å². The SMILES string of the molecule is C=C(CO)[C@@H](c1ccccc1)[C@H](O)C[C@@H](C)[C@H]1CC[C@H]2/C(=C/Br)CCC[C@]12C. The van der Waals surface area contributed by atoms with Crippen molar-refractivity contribution in [1.29, 1.82) is 0 Å². The summed E-state index contributed by atoms with van der Waals surface area (Å²) in [7, 11) is 0. The molecular formula is C25H35BrO2. The van der Waals surface area contributed by atoms with Gasteiger partial charge in [-0.25, -0.2) is 0 Å². The molecule has 154 valence electrons. The van der Waals surface area contributed by atoms with Crippen molar-refractivity contribution >= 4 is 15.9 Å². The van der Waals surface area contributed by atoms with Crippen molar-refractivity contribution in [2.45, 2.75) is 64.4 Å². The number of fused-ring (bicyclic) bond motifs is 1. The van der Waals surface area contributed by atoms with Crippen LogP contribution in [0.4, 0.5) is 0 Å². The fourth-order valence-corrected chi connectivity index (χ4v) is 6.86. The van der Waals surface area contributed by atoms with Gasteiger partial charge in [0.1, 0.15) is 0 Å². The predicted octanol–water partition coefficient (Wildman–Crippen LogP) is 6.20. The minimum absolute atomic E-state index is 0.0897. The molecule has 0 heterocycles. The fraction of sp³-hybridized carbons (Fsp3) is 0.600. The Morgan fingerprint density at radius 3 is 2.68 bits per heavy atom. The number of allylic oxidation sites excluding steroid dienone is 1. The van der Waals surface area contributed by atoms with E-state index in [2.05, 4.69) is 41.3 Å². The molecule has 0 radical (unpaired) electrons. The van der Waals surface area contributed by atoms with E-state index in [1.54, 1.807) is 5.57 Å². The second-order valence-electron chi connectivity index (χ2n) is 9.26. The normalized spacial score (nSPS) is 32.0. The summed E-state index contributed by atoms with van der Waals surface area (Å²) in [6.07, 6.45) is 6.53. The van der Waals surface area contributed by atoms with Gasteiger partial charge in [-0.3, -0.25) is 0 Å². The minimum Gasteiger partial charge on any atom is -0.392 e. The third-order valence-electron chi connectivity index (χ3n) is 7.66. The first-order valence-corrected chi connectivity index (χ1v) is 11.6. The molecule has 28 heavy (non-hydrogen) atoms. The molecule has 0 aromatic heterocycles. The van der Waals surface area contributed by atoms with Crippen molar-refractivity contribution in [1.82, 2.24) is 0 Å². The maximum Gasteiger partial charge on any atom is 0.0649 e. The molecule has 2 aliphatic carbocycles. The molecule has 0 aliphatic heterocycles. The zero-order chi connectivity index (χ0) is 20.3. The van der Waals surface area contributed by atoms with Crippen molar-refractivity contribution in [3.05, 3.63) is 58.6 Å². The Morgan fingerprint density at radius 1 is 1.32 bits per heavy atom. The van der Waals surface area contributed by atoms with Crippen LogP contribution in [0, 0.1) is 23.2 Å². The van der Waals surface area contributed by atoms with Gasteiger partial charge in [-0.15, -0.1) is 0 Å². The summed E-state index contributed by atoms with van der Waals surface area (Å²) in [6, 6.07) is 10.0. The summed E-state index contributed by atoms with van der Waals surface area (Å²) >= 11 is 3.60. The second-order valence-corrected chi connectivity index (χ2v) is 9.72. The van der Waals surface area contributed by atoms with E-state index >= 15 is 0 Å². The minimum atomic E-state index is -0.519. The molecule has 2 aliphatic rings. The van der Waals surface area contributed by atoms with Crippen LogP contribution in [-0.2, 0) is 0 Å². The molecule has 2 fully saturated rings. The molecule has 1 aromatic rings. The van der Waals surface area contributed by atoms with Crippen molar-refractivity contribution in [2.24, 2.45) is 23.2 Å². The van der Waals surface area contributed by atoms with E-state index in [0.717, 1.165) is 12.0 Å². The van der Waals surface area contributed by atoms with Crippen LogP contribution < -0.4 is 0 Å². The Bertz CT molecular complexity index is 698. The third-order valence-corrected chi connectivity index (χ3v) is 8.25. The Kier molecular flexibility index (Phi) is 7.22. The quantitative estimate of drug-likeness (QED) is 0.489. The molecule has 2 N–H and O–H groups in total. The van der Waals surface area contributed by atoms with E-state index in [4.69, 9.17) is 0 Å². The molecule has 6 atom stereocenters. The lowest BCUT2D eigenvalue weighted by Gasteiger charge is -2.44. The molecule has 1 aromatic carbocycles. The lowest BCUT2D eigenvalue weighted by molar-refractivity contribution is 0.0572. The number of aliphatic hydroxyl groups excluding tert-OH is 2. The first-order valence-electron chi connectivity index (χ1n) is 10.7. The van der Waals surface area contributed by atoms with Crippen LogP contribution in [0.3, 0.4) is 0 Å². The highest BCUT2D eigenvalue weighted by Crippen LogP contribution is 2.60. The van der Waals surface area contributed by atoms with E-state index in [1.165, 1.54) is 32.1 Å². The van der Waals surface area contributed by atoms with Crippen LogP contribution in [0.5, 0.6) is 0 Å². The average Bonchev–Trinajstić information content (AvgIpc) is 3.05. The highest BCUT2D eigenvalue weighted by Gasteiger charge is 2.50. The third kappa shape index (κ3) is 4.17. The standard InChI is InChI=1S/C25H35BrO2/c1-17(21-11-12-22-20(15-26)10-7-13-25(21,22)3)14-23(28)24(18(2)16-27)19-8-5-4-6-9-19/h4-6,8-9,15,17,21-24,27-28H,2,7,10-14,16H2,1,3H3/b20-15+/t17-,21-,22+,23-,24+,25-/m1/s1. The predicted molar refractivity (Wildman–Crippen MR) is 120 cm³/mol. The van der Waals surface area contributed by atoms with Crippen molar-refractivity contribution < 1.29 is 10.2 Å². The monoisotopic (exact) mass is 446 g/mol. The second kappa shape index (κ2) is 9.28. The average molecular weight is 447 g/mol. The van der Waals surface area contributed by atoms with Gasteiger partial charge in [0.25, 0.3) is 0 Å². The van der Waals surface area contributed by atoms with Gasteiger partial charge >= 0.3 is 0 Å². The summed E-state index contributed by atoms with van der Waals surface area (Å²) in [6.45, 7) is 8.76. The highest BCUT2D eigenvalue weighted by atomic mass is 79.9.